The number of imidazole rings is 1. The molecule has 0 atom stereocenters. The Hall–Kier alpha value is -2.58. The number of hydrogen-bond donors (Lipinski definition) is 1. The van der Waals surface area contributed by atoms with Gasteiger partial charge in [0.15, 0.2) is 5.65 Å². The van der Waals surface area contributed by atoms with Crippen molar-refractivity contribution in [2.24, 2.45) is 0 Å². The third-order valence-electron chi connectivity index (χ3n) is 2.91. The molecule has 0 fully saturated rings. The lowest BCUT2D eigenvalue weighted by Crippen LogP contribution is -2.32. The lowest BCUT2D eigenvalue weighted by molar-refractivity contribution is 0.539. The van der Waals surface area contributed by atoms with E-state index in [-0.39, 0.29) is 21.5 Å². The summed E-state index contributed by atoms with van der Waals surface area (Å²) < 4.78 is 1.28. The van der Waals surface area contributed by atoms with Gasteiger partial charge in [-0.1, -0.05) is 23.7 Å². The summed E-state index contributed by atoms with van der Waals surface area (Å²) in [4.78, 5) is 16.5. The van der Waals surface area contributed by atoms with Gasteiger partial charge in [0.2, 0.25) is 0 Å². The molecule has 0 aliphatic rings. The summed E-state index contributed by atoms with van der Waals surface area (Å²) in [6, 6.07) is 8.91. The molecule has 0 saturated carbocycles. The van der Waals surface area contributed by atoms with Crippen LogP contribution in [0.25, 0.3) is 22.9 Å². The van der Waals surface area contributed by atoms with Crippen LogP contribution in [0.3, 0.4) is 0 Å². The average Bonchev–Trinajstić information content (AvgIpc) is 2.79. The first-order valence-corrected chi connectivity index (χ1v) is 5.74. The molecule has 0 bridgehead atoms. The van der Waals surface area contributed by atoms with Crippen LogP contribution in [0, 0.1) is 11.3 Å². The van der Waals surface area contributed by atoms with Gasteiger partial charge in [-0.15, -0.1) is 0 Å². The molecule has 3 rings (SSSR count). The Morgan fingerprint density at radius 3 is 2.84 bits per heavy atom. The van der Waals surface area contributed by atoms with E-state index in [4.69, 9.17) is 22.0 Å². The van der Waals surface area contributed by atoms with Crippen LogP contribution in [-0.2, 0) is 0 Å². The zero-order valence-corrected chi connectivity index (χ0v) is 10.2. The van der Waals surface area contributed by atoms with Crippen LogP contribution >= 0.6 is 11.6 Å². The van der Waals surface area contributed by atoms with Gasteiger partial charge in [0.1, 0.15) is 11.6 Å². The molecule has 1 N–H and O–H groups in total. The third kappa shape index (κ3) is 1.41. The highest BCUT2D eigenvalue weighted by molar-refractivity contribution is 6.32. The van der Waals surface area contributed by atoms with Crippen LogP contribution in [0.2, 0.25) is 5.02 Å². The molecular formula is C13H6ClN3O2. The fraction of sp³-hybridized carbons (Fsp3) is 0. The number of aliphatic hydroxyl groups is 1. The average molecular weight is 272 g/mol. The van der Waals surface area contributed by atoms with Gasteiger partial charge in [0, 0.05) is 0 Å². The Labute approximate surface area is 111 Å². The van der Waals surface area contributed by atoms with E-state index < -0.39 is 5.56 Å². The predicted molar refractivity (Wildman–Crippen MR) is 71.0 cm³/mol. The van der Waals surface area contributed by atoms with E-state index in [1.807, 2.05) is 6.07 Å². The number of fused-ring (bicyclic) bond motifs is 3. The SMILES string of the molecule is N#Cc1c(Cl)/c(=C/O)c(=O)n2c1nc1ccccc12. The van der Waals surface area contributed by atoms with Crippen molar-refractivity contribution in [1.82, 2.24) is 9.38 Å². The van der Waals surface area contributed by atoms with Crippen LogP contribution in [0.4, 0.5) is 0 Å². The zero-order valence-electron chi connectivity index (χ0n) is 9.46. The molecule has 0 aliphatic carbocycles. The Morgan fingerprint density at radius 2 is 2.16 bits per heavy atom. The van der Waals surface area contributed by atoms with Crippen LogP contribution in [0.5, 0.6) is 0 Å². The molecule has 0 spiro atoms. The normalized spacial score (nSPS) is 12.1. The highest BCUT2D eigenvalue weighted by Gasteiger charge is 2.16. The standard InChI is InChI=1S/C13H6ClN3O2/c14-11-7(5-15)12-16-9-3-1-2-4-10(9)17(12)13(19)8(11)6-18/h1-4,6,18H/b8-6-. The molecule has 0 unspecified atom stereocenters. The minimum Gasteiger partial charge on any atom is -0.515 e. The molecule has 19 heavy (non-hydrogen) atoms. The molecule has 2 aromatic heterocycles. The summed E-state index contributed by atoms with van der Waals surface area (Å²) >= 11 is 5.95. The number of aromatic nitrogens is 2. The molecule has 6 heteroatoms. The van der Waals surface area contributed by atoms with Crippen molar-refractivity contribution in [3.63, 3.8) is 0 Å². The number of rotatable bonds is 0. The molecular weight excluding hydrogens is 266 g/mol. The maximum absolute atomic E-state index is 12.3. The van der Waals surface area contributed by atoms with Gasteiger partial charge in [0.05, 0.1) is 27.5 Å². The van der Waals surface area contributed by atoms with E-state index >= 15 is 0 Å². The van der Waals surface area contributed by atoms with E-state index in [9.17, 15) is 4.79 Å². The van der Waals surface area contributed by atoms with Crippen molar-refractivity contribution in [1.29, 1.82) is 5.26 Å². The molecule has 0 radical (unpaired) electrons. The second-order valence-corrected chi connectivity index (χ2v) is 4.29. The number of para-hydroxylation sites is 2. The lowest BCUT2D eigenvalue weighted by atomic mass is 10.2. The van der Waals surface area contributed by atoms with Gasteiger partial charge in [-0.3, -0.25) is 9.20 Å². The molecule has 0 saturated heterocycles. The van der Waals surface area contributed by atoms with Gasteiger partial charge in [-0.05, 0) is 12.1 Å². The van der Waals surface area contributed by atoms with Crippen LogP contribution in [0.15, 0.2) is 29.1 Å². The monoisotopic (exact) mass is 271 g/mol. The second-order valence-electron chi connectivity index (χ2n) is 3.91. The molecule has 0 aliphatic heterocycles. The molecule has 1 aromatic carbocycles. The predicted octanol–water partition coefficient (Wildman–Crippen LogP) is 1.39. The summed E-state index contributed by atoms with van der Waals surface area (Å²) in [5.41, 5.74) is 0.915. The first kappa shape index (κ1) is 11.5. The van der Waals surface area contributed by atoms with Gasteiger partial charge < -0.3 is 5.11 Å². The van der Waals surface area contributed by atoms with Gasteiger partial charge in [-0.2, -0.15) is 5.26 Å². The Balaban J connectivity index is 2.78. The van der Waals surface area contributed by atoms with Crippen molar-refractivity contribution >= 4 is 34.5 Å². The fourth-order valence-corrected chi connectivity index (χ4v) is 2.31. The molecule has 92 valence electrons. The molecule has 3 aromatic rings. The Morgan fingerprint density at radius 1 is 1.42 bits per heavy atom. The van der Waals surface area contributed by atoms with Crippen molar-refractivity contribution in [3.05, 3.63) is 50.4 Å². The van der Waals surface area contributed by atoms with E-state index in [1.54, 1.807) is 24.3 Å². The van der Waals surface area contributed by atoms with Gasteiger partial charge in [0.25, 0.3) is 5.56 Å². The summed E-state index contributed by atoms with van der Waals surface area (Å²) in [5.74, 6) is 0. The minimum atomic E-state index is -0.504. The maximum atomic E-state index is 12.3. The molecule has 2 heterocycles. The lowest BCUT2D eigenvalue weighted by Gasteiger charge is -1.99. The fourth-order valence-electron chi connectivity index (χ4n) is 2.06. The van der Waals surface area contributed by atoms with Crippen LogP contribution < -0.4 is 10.8 Å². The number of pyridine rings is 1. The zero-order chi connectivity index (χ0) is 13.6. The molecule has 5 nitrogen and oxygen atoms in total. The first-order valence-electron chi connectivity index (χ1n) is 5.36. The van der Waals surface area contributed by atoms with E-state index in [2.05, 4.69) is 4.98 Å². The van der Waals surface area contributed by atoms with Gasteiger partial charge in [-0.25, -0.2) is 4.98 Å². The number of hydrogen-bond acceptors (Lipinski definition) is 4. The number of nitrogens with zero attached hydrogens (tertiary/aromatic N) is 3. The number of benzene rings is 1. The third-order valence-corrected chi connectivity index (χ3v) is 3.31. The van der Waals surface area contributed by atoms with Crippen molar-refractivity contribution in [2.45, 2.75) is 0 Å². The van der Waals surface area contributed by atoms with E-state index in [0.29, 0.717) is 17.3 Å². The first-order chi connectivity index (χ1) is 9.19. The smallest absolute Gasteiger partial charge is 0.268 e. The maximum Gasteiger partial charge on any atom is 0.268 e. The van der Waals surface area contributed by atoms with Crippen LogP contribution in [-0.4, -0.2) is 14.5 Å². The Bertz CT molecular complexity index is 970. The van der Waals surface area contributed by atoms with Crippen LogP contribution in [0.1, 0.15) is 5.56 Å². The topological polar surface area (TPSA) is 78.4 Å². The summed E-state index contributed by atoms with van der Waals surface area (Å²) in [5, 5.41) is 18.1. The number of aliphatic hydroxyl groups excluding tert-OH is 1. The quantitative estimate of drug-likeness (QED) is 0.670. The highest BCUT2D eigenvalue weighted by atomic mass is 35.5. The van der Waals surface area contributed by atoms with E-state index in [1.165, 1.54) is 4.40 Å². The Kier molecular flexibility index (Phi) is 2.40. The number of halogens is 1. The van der Waals surface area contributed by atoms with Crippen molar-refractivity contribution in [2.75, 3.05) is 0 Å². The van der Waals surface area contributed by atoms with Crippen molar-refractivity contribution in [3.8, 4) is 6.07 Å². The minimum absolute atomic E-state index is 0.0674. The molecule has 0 amide bonds. The van der Waals surface area contributed by atoms with Gasteiger partial charge >= 0.3 is 0 Å². The number of nitriles is 1. The summed E-state index contributed by atoms with van der Waals surface area (Å²) in [6.07, 6.45) is 0.611. The summed E-state index contributed by atoms with van der Waals surface area (Å²) in [7, 11) is 0. The summed E-state index contributed by atoms with van der Waals surface area (Å²) in [6.45, 7) is 0. The van der Waals surface area contributed by atoms with E-state index in [0.717, 1.165) is 0 Å². The van der Waals surface area contributed by atoms with Crippen molar-refractivity contribution < 1.29 is 5.11 Å². The second kappa shape index (κ2) is 3.97. The largest absolute Gasteiger partial charge is 0.515 e. The highest BCUT2D eigenvalue weighted by Crippen LogP contribution is 2.19.